The Morgan fingerprint density at radius 3 is 2.74 bits per heavy atom. The van der Waals surface area contributed by atoms with Gasteiger partial charge in [0.2, 0.25) is 0 Å². The molecule has 0 fully saturated rings. The van der Waals surface area contributed by atoms with Gasteiger partial charge in [0.25, 0.3) is 0 Å². The predicted octanol–water partition coefficient (Wildman–Crippen LogP) is 3.13. The zero-order valence-electron chi connectivity index (χ0n) is 10.9. The molecule has 3 rings (SSSR count). The molecule has 0 saturated heterocycles. The summed E-state index contributed by atoms with van der Waals surface area (Å²) in [5, 5.41) is 0. The van der Waals surface area contributed by atoms with Crippen LogP contribution < -0.4 is 10.5 Å². The molecule has 1 aromatic heterocycles. The first-order valence-electron chi connectivity index (χ1n) is 6.07. The third-order valence-corrected chi connectivity index (χ3v) is 3.24. The third-order valence-electron chi connectivity index (χ3n) is 3.24. The molecule has 2 aromatic carbocycles. The van der Waals surface area contributed by atoms with Gasteiger partial charge in [0.05, 0.1) is 18.1 Å². The number of nitrogens with one attached hydrogen (secondary N) is 1. The molecule has 0 unspecified atom stereocenters. The van der Waals surface area contributed by atoms with Gasteiger partial charge in [-0.1, -0.05) is 12.1 Å². The molecule has 1 heterocycles. The lowest BCUT2D eigenvalue weighted by Gasteiger charge is -2.01. The van der Waals surface area contributed by atoms with Crippen LogP contribution in [0.2, 0.25) is 0 Å². The van der Waals surface area contributed by atoms with Crippen LogP contribution in [-0.2, 0) is 0 Å². The average Bonchev–Trinajstić information content (AvgIpc) is 2.84. The summed E-state index contributed by atoms with van der Waals surface area (Å²) >= 11 is 0. The maximum atomic E-state index is 5.94. The van der Waals surface area contributed by atoms with Gasteiger partial charge in [-0.2, -0.15) is 0 Å². The highest BCUT2D eigenvalue weighted by molar-refractivity contribution is 5.81. The highest BCUT2D eigenvalue weighted by Crippen LogP contribution is 2.25. The first-order valence-corrected chi connectivity index (χ1v) is 6.07. The van der Waals surface area contributed by atoms with Crippen molar-refractivity contribution in [1.82, 2.24) is 9.97 Å². The fraction of sp³-hybridized carbons (Fsp3) is 0.133. The number of fused-ring (bicyclic) bond motifs is 1. The Morgan fingerprint density at radius 2 is 2.00 bits per heavy atom. The van der Waals surface area contributed by atoms with E-state index < -0.39 is 0 Å². The number of aromatic nitrogens is 2. The molecule has 0 aliphatic rings. The molecule has 0 atom stereocenters. The number of imidazole rings is 1. The van der Waals surface area contributed by atoms with Crippen molar-refractivity contribution in [3.8, 4) is 17.1 Å². The van der Waals surface area contributed by atoms with E-state index in [1.165, 1.54) is 0 Å². The minimum Gasteiger partial charge on any atom is -0.497 e. The molecule has 0 spiro atoms. The number of benzene rings is 2. The van der Waals surface area contributed by atoms with E-state index >= 15 is 0 Å². The van der Waals surface area contributed by atoms with Gasteiger partial charge >= 0.3 is 0 Å². The monoisotopic (exact) mass is 253 g/mol. The van der Waals surface area contributed by atoms with E-state index in [1.54, 1.807) is 7.11 Å². The van der Waals surface area contributed by atoms with E-state index in [-0.39, 0.29) is 0 Å². The Kier molecular flexibility index (Phi) is 2.63. The SMILES string of the molecule is COc1ccc2nc(-c3ccc(C)c(N)c3)[nH]c2c1. The summed E-state index contributed by atoms with van der Waals surface area (Å²) < 4.78 is 5.20. The summed E-state index contributed by atoms with van der Waals surface area (Å²) in [7, 11) is 1.65. The summed E-state index contributed by atoms with van der Waals surface area (Å²) in [6.07, 6.45) is 0. The lowest BCUT2D eigenvalue weighted by Crippen LogP contribution is -1.90. The van der Waals surface area contributed by atoms with Crippen molar-refractivity contribution >= 4 is 16.7 Å². The largest absolute Gasteiger partial charge is 0.497 e. The van der Waals surface area contributed by atoms with Crippen molar-refractivity contribution in [1.29, 1.82) is 0 Å². The Labute approximate surface area is 111 Å². The Bertz CT molecular complexity index is 746. The number of nitrogens with zero attached hydrogens (tertiary/aromatic N) is 1. The molecular weight excluding hydrogens is 238 g/mol. The van der Waals surface area contributed by atoms with E-state index in [9.17, 15) is 0 Å². The van der Waals surface area contributed by atoms with Gasteiger partial charge in [-0.05, 0) is 30.7 Å². The quantitative estimate of drug-likeness (QED) is 0.690. The first-order chi connectivity index (χ1) is 9.17. The van der Waals surface area contributed by atoms with Gasteiger partial charge in [-0.25, -0.2) is 4.98 Å². The second-order valence-electron chi connectivity index (χ2n) is 4.54. The normalized spacial score (nSPS) is 10.8. The van der Waals surface area contributed by atoms with Crippen LogP contribution in [0.25, 0.3) is 22.4 Å². The summed E-state index contributed by atoms with van der Waals surface area (Å²) in [5.74, 6) is 1.63. The van der Waals surface area contributed by atoms with Crippen molar-refractivity contribution in [2.75, 3.05) is 12.8 Å². The summed E-state index contributed by atoms with van der Waals surface area (Å²) in [4.78, 5) is 7.85. The van der Waals surface area contributed by atoms with Crippen LogP contribution in [-0.4, -0.2) is 17.1 Å². The van der Waals surface area contributed by atoms with Crippen LogP contribution in [0.1, 0.15) is 5.56 Å². The van der Waals surface area contributed by atoms with Crippen molar-refractivity contribution < 1.29 is 4.74 Å². The zero-order chi connectivity index (χ0) is 13.4. The smallest absolute Gasteiger partial charge is 0.138 e. The van der Waals surface area contributed by atoms with Crippen molar-refractivity contribution in [3.63, 3.8) is 0 Å². The number of hydrogen-bond acceptors (Lipinski definition) is 3. The standard InChI is InChI=1S/C15H15N3O/c1-9-3-4-10(7-12(9)16)15-17-13-6-5-11(19-2)8-14(13)18-15/h3-8H,16H2,1-2H3,(H,17,18). The fourth-order valence-corrected chi connectivity index (χ4v) is 2.04. The number of anilines is 1. The molecule has 0 radical (unpaired) electrons. The minimum atomic E-state index is 0.774. The van der Waals surface area contributed by atoms with Gasteiger partial charge in [0.15, 0.2) is 0 Å². The lowest BCUT2D eigenvalue weighted by molar-refractivity contribution is 0.415. The lowest BCUT2D eigenvalue weighted by atomic mass is 10.1. The molecule has 0 aliphatic carbocycles. The number of aryl methyl sites for hydroxylation is 1. The molecule has 4 nitrogen and oxygen atoms in total. The number of ether oxygens (including phenoxy) is 1. The molecular formula is C15H15N3O. The molecule has 0 amide bonds. The highest BCUT2D eigenvalue weighted by atomic mass is 16.5. The van der Waals surface area contributed by atoms with Gasteiger partial charge < -0.3 is 15.5 Å². The van der Waals surface area contributed by atoms with Gasteiger partial charge in [0.1, 0.15) is 11.6 Å². The molecule has 0 aliphatic heterocycles. The molecule has 96 valence electrons. The van der Waals surface area contributed by atoms with Gasteiger partial charge in [-0.15, -0.1) is 0 Å². The first kappa shape index (κ1) is 11.6. The molecule has 3 N–H and O–H groups in total. The summed E-state index contributed by atoms with van der Waals surface area (Å²) in [5.41, 5.74) is 10.6. The summed E-state index contributed by atoms with van der Waals surface area (Å²) in [6, 6.07) is 11.7. The number of methoxy groups -OCH3 is 1. The number of rotatable bonds is 2. The number of nitrogens with two attached hydrogens (primary N) is 1. The van der Waals surface area contributed by atoms with Crippen molar-refractivity contribution in [3.05, 3.63) is 42.0 Å². The Hall–Kier alpha value is -2.49. The van der Waals surface area contributed by atoms with Crippen LogP contribution in [0.5, 0.6) is 5.75 Å². The van der Waals surface area contributed by atoms with Crippen LogP contribution >= 0.6 is 0 Å². The third kappa shape index (κ3) is 2.01. The van der Waals surface area contributed by atoms with E-state index in [1.807, 2.05) is 43.3 Å². The number of aromatic amines is 1. The number of hydrogen-bond donors (Lipinski definition) is 2. The molecule has 0 saturated carbocycles. The Balaban J connectivity index is 2.11. The van der Waals surface area contributed by atoms with Crippen LogP contribution in [0.4, 0.5) is 5.69 Å². The second-order valence-corrected chi connectivity index (χ2v) is 4.54. The zero-order valence-corrected chi connectivity index (χ0v) is 10.9. The number of H-pyrrole nitrogens is 1. The van der Waals surface area contributed by atoms with Crippen molar-refractivity contribution in [2.45, 2.75) is 6.92 Å². The van der Waals surface area contributed by atoms with Crippen LogP contribution in [0.15, 0.2) is 36.4 Å². The van der Waals surface area contributed by atoms with E-state index in [2.05, 4.69) is 9.97 Å². The summed E-state index contributed by atoms with van der Waals surface area (Å²) in [6.45, 7) is 1.99. The maximum absolute atomic E-state index is 5.94. The van der Waals surface area contributed by atoms with Crippen LogP contribution in [0, 0.1) is 6.92 Å². The fourth-order valence-electron chi connectivity index (χ4n) is 2.04. The Morgan fingerprint density at radius 1 is 1.16 bits per heavy atom. The van der Waals surface area contributed by atoms with Gasteiger partial charge in [0, 0.05) is 17.3 Å². The topological polar surface area (TPSA) is 63.9 Å². The molecule has 4 heteroatoms. The second kappa shape index (κ2) is 4.31. The minimum absolute atomic E-state index is 0.774. The molecule has 19 heavy (non-hydrogen) atoms. The van der Waals surface area contributed by atoms with E-state index in [0.29, 0.717) is 0 Å². The number of nitrogen functional groups attached to an aromatic ring is 1. The van der Waals surface area contributed by atoms with Crippen LogP contribution in [0.3, 0.4) is 0 Å². The maximum Gasteiger partial charge on any atom is 0.138 e. The van der Waals surface area contributed by atoms with Crippen molar-refractivity contribution in [2.24, 2.45) is 0 Å². The highest BCUT2D eigenvalue weighted by Gasteiger charge is 2.07. The van der Waals surface area contributed by atoms with E-state index in [0.717, 1.165) is 39.4 Å². The predicted molar refractivity (Wildman–Crippen MR) is 77.2 cm³/mol. The molecule has 0 bridgehead atoms. The van der Waals surface area contributed by atoms with E-state index in [4.69, 9.17) is 10.5 Å². The average molecular weight is 253 g/mol. The van der Waals surface area contributed by atoms with Gasteiger partial charge in [-0.3, -0.25) is 0 Å². The molecule has 3 aromatic rings.